The Kier molecular flexibility index (Phi) is 9.97. The topological polar surface area (TPSA) is 117 Å². The van der Waals surface area contributed by atoms with Crippen LogP contribution < -0.4 is 0 Å². The summed E-state index contributed by atoms with van der Waals surface area (Å²) in [4.78, 5) is 48.3. The first-order valence-corrected chi connectivity index (χ1v) is 14.6. The van der Waals surface area contributed by atoms with Crippen LogP contribution in [-0.4, -0.2) is 41.5 Å². The number of halogens is 1. The number of benzene rings is 1. The summed E-state index contributed by atoms with van der Waals surface area (Å²) in [5.74, 6) is 0.128. The zero-order valence-corrected chi connectivity index (χ0v) is 26.9. The molecule has 0 saturated heterocycles. The largest absolute Gasteiger partial charge is 0.344 e. The van der Waals surface area contributed by atoms with Crippen LogP contribution in [0.1, 0.15) is 88.6 Å². The maximum atomic E-state index is 12.6. The molecule has 0 radical (unpaired) electrons. The van der Waals surface area contributed by atoms with Crippen molar-refractivity contribution < 1.29 is 9.59 Å². The smallest absolute Gasteiger partial charge is 0.171 e. The number of hydrogen-bond acceptors (Lipinski definition) is 6. The number of hydrogen-bond donors (Lipinski definition) is 2. The molecule has 0 unspecified atom stereocenters. The predicted molar refractivity (Wildman–Crippen MR) is 169 cm³/mol. The van der Waals surface area contributed by atoms with Crippen molar-refractivity contribution in [2.75, 3.05) is 0 Å². The van der Waals surface area contributed by atoms with Gasteiger partial charge in [-0.1, -0.05) is 80.5 Å². The Balaban J connectivity index is 0.000000225. The minimum Gasteiger partial charge on any atom is -0.344 e. The number of fused-ring (bicyclic) bond motifs is 2. The normalized spacial score (nSPS) is 11.5. The third-order valence-electron chi connectivity index (χ3n) is 6.21. The second-order valence-corrected chi connectivity index (χ2v) is 12.3. The molecule has 2 N–H and O–H groups in total. The summed E-state index contributed by atoms with van der Waals surface area (Å²) in [6.45, 7) is 17.5. The summed E-state index contributed by atoms with van der Waals surface area (Å²) in [7, 11) is 0. The third kappa shape index (κ3) is 7.33. The predicted octanol–water partition coefficient (Wildman–Crippen LogP) is 8.39. The molecule has 0 spiro atoms. The van der Waals surface area contributed by atoms with Gasteiger partial charge in [-0.3, -0.25) is 9.59 Å². The van der Waals surface area contributed by atoms with Gasteiger partial charge in [0.1, 0.15) is 15.6 Å². The average molecular weight is 620 g/mol. The quantitative estimate of drug-likeness (QED) is 0.195. The van der Waals surface area contributed by atoms with Crippen molar-refractivity contribution in [3.05, 3.63) is 70.3 Å². The molecule has 4 aromatic heterocycles. The number of ketones is 2. The maximum Gasteiger partial charge on any atom is 0.171 e. The van der Waals surface area contributed by atoms with Crippen LogP contribution in [0.25, 0.3) is 33.6 Å². The highest BCUT2D eigenvalue weighted by molar-refractivity contribution is 9.10. The number of H-pyrrole nitrogens is 2. The molecule has 0 atom stereocenters. The first-order valence-electron chi connectivity index (χ1n) is 13.8. The van der Waals surface area contributed by atoms with Gasteiger partial charge in [0.15, 0.2) is 22.9 Å². The number of nitrogens with zero attached hydrogens (tertiary/aromatic N) is 4. The van der Waals surface area contributed by atoms with Crippen molar-refractivity contribution >= 4 is 49.8 Å². The molecule has 1 aromatic carbocycles. The Morgan fingerprint density at radius 2 is 1.32 bits per heavy atom. The van der Waals surface area contributed by atoms with Crippen LogP contribution in [0.5, 0.6) is 0 Å². The van der Waals surface area contributed by atoms with E-state index >= 15 is 0 Å². The number of aromatic amines is 2. The SMILES string of the molecule is CC.CC(C)(C)C(=O)c1c[nH]c2ncc(Br)nc12.CCc1cccc(-c2cnc3[nH]cc(C(=O)C(C)(C)C)c3n2)c1. The summed E-state index contributed by atoms with van der Waals surface area (Å²) < 4.78 is 0.627. The summed E-state index contributed by atoms with van der Waals surface area (Å²) >= 11 is 3.25. The van der Waals surface area contributed by atoms with E-state index in [1.165, 1.54) is 5.56 Å². The molecule has 216 valence electrons. The molecule has 5 aromatic rings. The zero-order valence-electron chi connectivity index (χ0n) is 25.3. The number of rotatable bonds is 4. The molecular weight excluding hydrogens is 580 g/mol. The third-order valence-corrected chi connectivity index (χ3v) is 6.60. The summed E-state index contributed by atoms with van der Waals surface area (Å²) in [5, 5.41) is 0. The number of aryl methyl sites for hydroxylation is 1. The Morgan fingerprint density at radius 3 is 1.83 bits per heavy atom. The van der Waals surface area contributed by atoms with Gasteiger partial charge in [0, 0.05) is 28.8 Å². The van der Waals surface area contributed by atoms with Crippen LogP contribution in [0, 0.1) is 10.8 Å². The molecule has 5 rings (SSSR count). The van der Waals surface area contributed by atoms with Gasteiger partial charge in [-0.2, -0.15) is 0 Å². The van der Waals surface area contributed by atoms with Gasteiger partial charge in [0.2, 0.25) is 0 Å². The van der Waals surface area contributed by atoms with Crippen molar-refractivity contribution in [2.45, 2.75) is 68.7 Å². The van der Waals surface area contributed by atoms with Crippen molar-refractivity contribution in [2.24, 2.45) is 10.8 Å². The van der Waals surface area contributed by atoms with E-state index in [-0.39, 0.29) is 11.6 Å². The lowest BCUT2D eigenvalue weighted by Gasteiger charge is -2.15. The van der Waals surface area contributed by atoms with E-state index in [0.29, 0.717) is 38.1 Å². The van der Waals surface area contributed by atoms with Gasteiger partial charge in [0.05, 0.1) is 29.2 Å². The van der Waals surface area contributed by atoms with E-state index in [2.05, 4.69) is 59.9 Å². The first-order chi connectivity index (χ1) is 19.3. The van der Waals surface area contributed by atoms with E-state index in [1.54, 1.807) is 24.8 Å². The van der Waals surface area contributed by atoms with Crippen LogP contribution in [0.15, 0.2) is 53.7 Å². The molecule has 0 fully saturated rings. The molecule has 41 heavy (non-hydrogen) atoms. The van der Waals surface area contributed by atoms with Gasteiger partial charge in [0.25, 0.3) is 0 Å². The molecule has 0 amide bonds. The van der Waals surface area contributed by atoms with Crippen LogP contribution in [0.3, 0.4) is 0 Å². The van der Waals surface area contributed by atoms with Crippen LogP contribution >= 0.6 is 15.9 Å². The highest BCUT2D eigenvalue weighted by atomic mass is 79.9. The number of aromatic nitrogens is 6. The molecule has 0 bridgehead atoms. The number of carbonyl (C=O) groups is 2. The standard InChI is InChI=1S/C19H21N3O.C11H12BrN3O.C2H6/c1-5-12-7-6-8-13(9-12)15-11-21-18-16(22-15)14(10-20-18)17(23)19(2,3)4;1-11(2,3)9(16)6-4-13-10-8(6)15-7(12)5-14-10;1-2/h6-11H,5H2,1-4H3,(H,20,21);4-5H,1-3H3,(H,13,14);1-2H3. The van der Waals surface area contributed by atoms with Crippen LogP contribution in [0.4, 0.5) is 0 Å². The molecule has 4 heterocycles. The molecule has 9 heteroatoms. The number of carbonyl (C=O) groups excluding carboxylic acids is 2. The minimum absolute atomic E-state index is 0.0613. The van der Waals surface area contributed by atoms with Crippen molar-refractivity contribution in [1.29, 1.82) is 0 Å². The minimum atomic E-state index is -0.449. The van der Waals surface area contributed by atoms with Gasteiger partial charge < -0.3 is 9.97 Å². The number of nitrogens with one attached hydrogen (secondary N) is 2. The fourth-order valence-electron chi connectivity index (χ4n) is 4.01. The molecular formula is C32H39BrN6O2. The Bertz CT molecular complexity index is 1670. The van der Waals surface area contributed by atoms with E-state index < -0.39 is 10.8 Å². The van der Waals surface area contributed by atoms with Crippen molar-refractivity contribution in [3.8, 4) is 11.3 Å². The Morgan fingerprint density at radius 1 is 0.805 bits per heavy atom. The highest BCUT2D eigenvalue weighted by Gasteiger charge is 2.27. The average Bonchev–Trinajstić information content (AvgIpc) is 3.56. The molecule has 0 aliphatic heterocycles. The van der Waals surface area contributed by atoms with Gasteiger partial charge in [-0.05, 0) is 34.0 Å². The lowest BCUT2D eigenvalue weighted by Crippen LogP contribution is -2.20. The maximum absolute atomic E-state index is 12.6. The summed E-state index contributed by atoms with van der Waals surface area (Å²) in [6.07, 6.45) is 7.71. The lowest BCUT2D eigenvalue weighted by molar-refractivity contribution is 0.0854. The molecule has 8 nitrogen and oxygen atoms in total. The van der Waals surface area contributed by atoms with Crippen LogP contribution in [-0.2, 0) is 6.42 Å². The van der Waals surface area contributed by atoms with E-state index in [1.807, 2.05) is 67.5 Å². The molecule has 0 saturated carbocycles. The summed E-state index contributed by atoms with van der Waals surface area (Å²) in [5.41, 5.74) is 5.94. The highest BCUT2D eigenvalue weighted by Crippen LogP contribution is 2.28. The van der Waals surface area contributed by atoms with Gasteiger partial charge >= 0.3 is 0 Å². The van der Waals surface area contributed by atoms with Gasteiger partial charge in [-0.25, -0.2) is 19.9 Å². The van der Waals surface area contributed by atoms with Crippen molar-refractivity contribution in [3.63, 3.8) is 0 Å². The Labute approximate surface area is 250 Å². The fourth-order valence-corrected chi connectivity index (χ4v) is 4.28. The second kappa shape index (κ2) is 12.9. The molecule has 0 aliphatic carbocycles. The van der Waals surface area contributed by atoms with E-state index in [9.17, 15) is 9.59 Å². The monoisotopic (exact) mass is 618 g/mol. The fraction of sp³-hybridized carbons (Fsp3) is 0.375. The van der Waals surface area contributed by atoms with Crippen LogP contribution in [0.2, 0.25) is 0 Å². The second-order valence-electron chi connectivity index (χ2n) is 11.5. The lowest BCUT2D eigenvalue weighted by atomic mass is 9.87. The van der Waals surface area contributed by atoms with Crippen molar-refractivity contribution in [1.82, 2.24) is 29.9 Å². The first kappa shape index (κ1) is 31.8. The zero-order chi connectivity index (χ0) is 30.5. The number of Topliss-reactive ketones (excluding diaryl/α,β-unsaturated/α-hetero) is 2. The Hall–Kier alpha value is -3.72. The summed E-state index contributed by atoms with van der Waals surface area (Å²) in [6, 6.07) is 8.26. The van der Waals surface area contributed by atoms with E-state index in [4.69, 9.17) is 4.98 Å². The van der Waals surface area contributed by atoms with Gasteiger partial charge in [-0.15, -0.1) is 0 Å². The van der Waals surface area contributed by atoms with E-state index in [0.717, 1.165) is 17.7 Å². The molecule has 0 aliphatic rings.